The van der Waals surface area contributed by atoms with E-state index in [0.717, 1.165) is 43.7 Å². The number of aromatic nitrogens is 5. The van der Waals surface area contributed by atoms with Crippen LogP contribution in [-0.2, 0) is 9.59 Å². The van der Waals surface area contributed by atoms with Crippen molar-refractivity contribution < 1.29 is 19.1 Å². The Bertz CT molecular complexity index is 1710. The van der Waals surface area contributed by atoms with Crippen LogP contribution in [-0.4, -0.2) is 67.9 Å². The number of amides is 1. The van der Waals surface area contributed by atoms with Gasteiger partial charge in [0.15, 0.2) is 11.6 Å². The highest BCUT2D eigenvalue weighted by atomic mass is 79.9. The molecule has 4 aromatic rings. The number of rotatable bonds is 7. The number of pyridine rings is 3. The van der Waals surface area contributed by atoms with Crippen LogP contribution in [0.4, 0.5) is 16.0 Å². The van der Waals surface area contributed by atoms with Gasteiger partial charge in [-0.15, -0.1) is 0 Å². The molecule has 6 rings (SSSR count). The largest absolute Gasteiger partial charge is 0.481 e. The van der Waals surface area contributed by atoms with Gasteiger partial charge in [0.05, 0.1) is 29.3 Å². The van der Waals surface area contributed by atoms with Crippen LogP contribution in [0.5, 0.6) is 0 Å². The number of nitrogens with one attached hydrogen (secondary N) is 1. The van der Waals surface area contributed by atoms with Gasteiger partial charge in [-0.1, -0.05) is 6.07 Å². The van der Waals surface area contributed by atoms with Gasteiger partial charge in [0.25, 0.3) is 0 Å². The minimum Gasteiger partial charge on any atom is -0.481 e. The number of carbonyl (C=O) groups excluding carboxylic acids is 1. The van der Waals surface area contributed by atoms with Crippen LogP contribution < -0.4 is 15.1 Å². The maximum Gasteiger partial charge on any atom is 0.312 e. The minimum atomic E-state index is -0.740. The molecule has 2 fully saturated rings. The summed E-state index contributed by atoms with van der Waals surface area (Å²) in [7, 11) is 0. The fourth-order valence-electron chi connectivity index (χ4n) is 5.40. The van der Waals surface area contributed by atoms with Crippen molar-refractivity contribution in [2.75, 3.05) is 36.0 Å². The number of hydrogen-bond acceptors (Lipinski definition) is 8. The first-order valence-corrected chi connectivity index (χ1v) is 16.2. The van der Waals surface area contributed by atoms with Gasteiger partial charge in [0.1, 0.15) is 20.8 Å². The zero-order valence-electron chi connectivity index (χ0n) is 26.1. The smallest absolute Gasteiger partial charge is 0.312 e. The standard InChI is InChI=1S/C21H22BrFN6O.C11H13BrN2O2/c1-13-6-17(22)27-19(7-13)28-11-21(3,12-28)20(30)26-14(2)15-4-5-18(24-8-15)29-10-16(23)9-25-29;1-7-3-8(12)13-9(4-7)14-5-11(2,6-14)10(15)16/h4-10,14H,11-12H2,1-3H3,(H,26,30);3-4H,5-6H2,1-2H3,(H,15,16)/t14-;/m0./s1. The van der Waals surface area contributed by atoms with Gasteiger partial charge in [-0.05, 0) is 114 Å². The minimum absolute atomic E-state index is 0.00353. The summed E-state index contributed by atoms with van der Waals surface area (Å²) < 4.78 is 16.1. The number of hydrogen-bond donors (Lipinski definition) is 2. The number of carboxylic acids is 1. The Morgan fingerprint density at radius 2 is 1.43 bits per heavy atom. The summed E-state index contributed by atoms with van der Waals surface area (Å²) in [6.07, 6.45) is 4.06. The number of nitrogens with zero attached hydrogens (tertiary/aromatic N) is 7. The first-order chi connectivity index (χ1) is 21.6. The quantitative estimate of drug-likeness (QED) is 0.230. The Balaban J connectivity index is 0.000000219. The highest BCUT2D eigenvalue weighted by molar-refractivity contribution is 9.10. The zero-order chi connectivity index (χ0) is 33.4. The van der Waals surface area contributed by atoms with E-state index >= 15 is 0 Å². The van der Waals surface area contributed by atoms with E-state index in [1.807, 2.05) is 62.9 Å². The fourth-order valence-corrected chi connectivity index (χ4v) is 6.49. The number of anilines is 2. The molecule has 2 aliphatic rings. The molecule has 1 amide bonds. The Kier molecular flexibility index (Phi) is 9.50. The van der Waals surface area contributed by atoms with E-state index in [4.69, 9.17) is 5.11 Å². The molecule has 6 heterocycles. The topological polar surface area (TPSA) is 129 Å². The van der Waals surface area contributed by atoms with Crippen molar-refractivity contribution in [2.24, 2.45) is 10.8 Å². The first kappa shape index (κ1) is 33.5. The predicted molar refractivity (Wildman–Crippen MR) is 179 cm³/mol. The SMILES string of the molecule is Cc1cc(Br)nc(N2CC(C)(C(=O)N[C@@H](C)c3ccc(-n4cc(F)cn4)nc3)C2)c1.Cc1cc(Br)nc(N2CC(C)(C(=O)O)C2)c1. The Morgan fingerprint density at radius 3 is 1.87 bits per heavy atom. The maximum absolute atomic E-state index is 13.1. The lowest BCUT2D eigenvalue weighted by atomic mass is 9.80. The molecule has 0 aromatic carbocycles. The van der Waals surface area contributed by atoms with Gasteiger partial charge in [-0.3, -0.25) is 9.59 Å². The monoisotopic (exact) mass is 756 g/mol. The third-order valence-corrected chi connectivity index (χ3v) is 8.94. The summed E-state index contributed by atoms with van der Waals surface area (Å²) >= 11 is 6.76. The van der Waals surface area contributed by atoms with Crippen LogP contribution in [0.3, 0.4) is 0 Å². The van der Waals surface area contributed by atoms with Crippen LogP contribution >= 0.6 is 31.9 Å². The Hall–Kier alpha value is -3.91. The van der Waals surface area contributed by atoms with Crippen LogP contribution in [0, 0.1) is 30.5 Å². The van der Waals surface area contributed by atoms with Gasteiger partial charge in [0.2, 0.25) is 5.91 Å². The average molecular weight is 758 g/mol. The van der Waals surface area contributed by atoms with Gasteiger partial charge in [-0.2, -0.15) is 5.10 Å². The van der Waals surface area contributed by atoms with Gasteiger partial charge < -0.3 is 20.2 Å². The molecule has 0 bridgehead atoms. The van der Waals surface area contributed by atoms with Crippen LogP contribution in [0.2, 0.25) is 0 Å². The lowest BCUT2D eigenvalue weighted by Crippen LogP contribution is -2.62. The van der Waals surface area contributed by atoms with Crippen LogP contribution in [0.15, 0.2) is 64.2 Å². The summed E-state index contributed by atoms with van der Waals surface area (Å²) in [6.45, 7) is 11.9. The second-order valence-electron chi connectivity index (χ2n) is 12.5. The first-order valence-electron chi connectivity index (χ1n) is 14.6. The highest BCUT2D eigenvalue weighted by Gasteiger charge is 2.47. The molecule has 0 aliphatic carbocycles. The van der Waals surface area contributed by atoms with Crippen molar-refractivity contribution in [1.82, 2.24) is 30.0 Å². The van der Waals surface area contributed by atoms with E-state index in [1.54, 1.807) is 19.2 Å². The molecule has 0 unspecified atom stereocenters. The Morgan fingerprint density at radius 1 is 0.891 bits per heavy atom. The van der Waals surface area contributed by atoms with Crippen molar-refractivity contribution in [3.63, 3.8) is 0 Å². The summed E-state index contributed by atoms with van der Waals surface area (Å²) in [5, 5.41) is 16.0. The maximum atomic E-state index is 13.1. The number of carbonyl (C=O) groups is 2. The van der Waals surface area contributed by atoms with Gasteiger partial charge >= 0.3 is 5.97 Å². The summed E-state index contributed by atoms with van der Waals surface area (Å²) in [5.41, 5.74) is 1.99. The number of carboxylic acid groups (broad SMARTS) is 1. The van der Waals surface area contributed by atoms with Crippen molar-refractivity contribution in [2.45, 2.75) is 40.7 Å². The number of aliphatic carboxylic acids is 1. The lowest BCUT2D eigenvalue weighted by molar-refractivity contribution is -0.149. The molecule has 14 heteroatoms. The van der Waals surface area contributed by atoms with E-state index < -0.39 is 22.6 Å². The second-order valence-corrected chi connectivity index (χ2v) is 14.2. The number of halogens is 3. The highest BCUT2D eigenvalue weighted by Crippen LogP contribution is 2.36. The van der Waals surface area contributed by atoms with Crippen LogP contribution in [0.25, 0.3) is 5.82 Å². The molecular formula is C32H35Br2FN8O3. The molecule has 0 spiro atoms. The molecule has 0 radical (unpaired) electrons. The van der Waals surface area contributed by atoms with Crippen LogP contribution in [0.1, 0.15) is 43.5 Å². The molecule has 4 aromatic heterocycles. The summed E-state index contributed by atoms with van der Waals surface area (Å²) in [6, 6.07) is 11.3. The van der Waals surface area contributed by atoms with Crippen molar-refractivity contribution in [3.8, 4) is 5.82 Å². The number of aryl methyl sites for hydroxylation is 2. The molecule has 2 aliphatic heterocycles. The van der Waals surface area contributed by atoms with E-state index in [0.29, 0.717) is 32.0 Å². The fraction of sp³-hybridized carbons (Fsp3) is 0.375. The van der Waals surface area contributed by atoms with Crippen molar-refractivity contribution in [1.29, 1.82) is 0 Å². The third kappa shape index (κ3) is 7.38. The molecule has 0 saturated carbocycles. The van der Waals surface area contributed by atoms with E-state index in [2.05, 4.69) is 62.1 Å². The van der Waals surface area contributed by atoms with E-state index in [1.165, 1.54) is 10.9 Å². The molecule has 2 saturated heterocycles. The lowest BCUT2D eigenvalue weighted by Gasteiger charge is -2.47. The molecule has 1 atom stereocenters. The molecule has 242 valence electrons. The molecular weight excluding hydrogens is 723 g/mol. The van der Waals surface area contributed by atoms with Crippen molar-refractivity contribution in [3.05, 3.63) is 86.7 Å². The Labute approximate surface area is 283 Å². The third-order valence-electron chi connectivity index (χ3n) is 8.13. The van der Waals surface area contributed by atoms with E-state index in [-0.39, 0.29) is 11.9 Å². The van der Waals surface area contributed by atoms with Gasteiger partial charge in [0, 0.05) is 32.4 Å². The zero-order valence-corrected chi connectivity index (χ0v) is 29.3. The molecule has 2 N–H and O–H groups in total. The average Bonchev–Trinajstić information content (AvgIpc) is 3.39. The van der Waals surface area contributed by atoms with Gasteiger partial charge in [-0.25, -0.2) is 24.0 Å². The summed E-state index contributed by atoms with van der Waals surface area (Å²) in [5.74, 6) is 1.06. The predicted octanol–water partition coefficient (Wildman–Crippen LogP) is 5.64. The van der Waals surface area contributed by atoms with Crippen molar-refractivity contribution >= 4 is 55.4 Å². The summed E-state index contributed by atoms with van der Waals surface area (Å²) in [4.78, 5) is 41.1. The second kappa shape index (κ2) is 13.1. The molecule has 11 nitrogen and oxygen atoms in total. The molecule has 46 heavy (non-hydrogen) atoms. The normalized spacial score (nSPS) is 16.8. The van der Waals surface area contributed by atoms with E-state index in [9.17, 15) is 14.0 Å².